The molecule has 1 aliphatic rings. The van der Waals surface area contributed by atoms with E-state index in [0.29, 0.717) is 0 Å². The summed E-state index contributed by atoms with van der Waals surface area (Å²) in [6.45, 7) is 0. The van der Waals surface area contributed by atoms with Crippen LogP contribution in [0.25, 0.3) is 0 Å². The van der Waals surface area contributed by atoms with Crippen LogP contribution >= 0.6 is 0 Å². The molecule has 1 aliphatic heterocycles. The number of benzene rings is 5. The first-order valence-corrected chi connectivity index (χ1v) is 16.5. The molecule has 0 saturated carbocycles. The van der Waals surface area contributed by atoms with E-state index in [1.54, 1.807) is 0 Å². The van der Waals surface area contributed by atoms with Crippen LogP contribution in [0.4, 0.5) is 0 Å². The van der Waals surface area contributed by atoms with Gasteiger partial charge in [0.1, 0.15) is 0 Å². The topological polar surface area (TPSA) is 9.23 Å². The number of hydrogen-bond acceptors (Lipinski definition) is 1. The van der Waals surface area contributed by atoms with E-state index in [-0.39, 0.29) is 10.8 Å². The molecular weight excluding hydrogens is 475 g/mol. The van der Waals surface area contributed by atoms with Gasteiger partial charge in [-0.1, -0.05) is 0 Å². The quantitative estimate of drug-likeness (QED) is 0.280. The van der Waals surface area contributed by atoms with Crippen molar-refractivity contribution in [2.24, 2.45) is 0 Å². The molecule has 1 heterocycles. The van der Waals surface area contributed by atoms with Crippen LogP contribution in [0.15, 0.2) is 152 Å². The normalized spacial score (nSPS) is 21.5. The molecule has 166 valence electrons. The molecule has 0 aromatic heterocycles. The molecule has 2 unspecified atom stereocenters. The van der Waals surface area contributed by atoms with Crippen molar-refractivity contribution in [1.82, 2.24) is 0 Å². The summed E-state index contributed by atoms with van der Waals surface area (Å²) in [7, 11) is 0. The Morgan fingerprint density at radius 3 is 1.09 bits per heavy atom. The molecule has 2 heteroatoms. The molecule has 5 aromatic carbocycles. The second-order valence-electron chi connectivity index (χ2n) is 8.90. The second-order valence-corrected chi connectivity index (χ2v) is 18.4. The Bertz CT molecular complexity index is 1270. The third kappa shape index (κ3) is 2.91. The zero-order valence-electron chi connectivity index (χ0n) is 18.9. The van der Waals surface area contributed by atoms with Gasteiger partial charge in [0.15, 0.2) is 0 Å². The van der Waals surface area contributed by atoms with Crippen LogP contribution in [0.1, 0.15) is 21.9 Å². The van der Waals surface area contributed by atoms with E-state index in [9.17, 15) is 0 Å². The fourth-order valence-electron chi connectivity index (χ4n) is 5.83. The maximum atomic E-state index is 7.60. The number of hydrogen-bond donors (Lipinski definition) is 0. The van der Waals surface area contributed by atoms with Gasteiger partial charge in [-0.15, -0.1) is 0 Å². The molecule has 0 N–H and O–H groups in total. The minimum absolute atomic E-state index is 0.0183. The van der Waals surface area contributed by atoms with Gasteiger partial charge < -0.3 is 0 Å². The van der Waals surface area contributed by atoms with Crippen molar-refractivity contribution in [3.63, 3.8) is 0 Å². The zero-order valence-corrected chi connectivity index (χ0v) is 20.8. The van der Waals surface area contributed by atoms with Gasteiger partial charge >= 0.3 is 203 Å². The van der Waals surface area contributed by atoms with Crippen molar-refractivity contribution >= 4 is 25.8 Å². The van der Waals surface area contributed by atoms with Gasteiger partial charge in [-0.2, -0.15) is 0 Å². The first-order chi connectivity index (χ1) is 16.8. The van der Waals surface area contributed by atoms with E-state index in [1.807, 2.05) is 0 Å². The van der Waals surface area contributed by atoms with Crippen molar-refractivity contribution in [2.75, 3.05) is 0 Å². The van der Waals surface area contributed by atoms with Crippen LogP contribution in [0.3, 0.4) is 0 Å². The van der Waals surface area contributed by atoms with Crippen LogP contribution in [0, 0.1) is 0 Å². The molecule has 1 nitrogen and oxygen atoms in total. The third-order valence-electron chi connectivity index (χ3n) is 7.23. The van der Waals surface area contributed by atoms with Crippen LogP contribution in [-0.2, 0) is 3.73 Å². The fourth-order valence-corrected chi connectivity index (χ4v) is 19.8. The number of rotatable bonds is 5. The summed E-state index contributed by atoms with van der Waals surface area (Å²) >= 11 is -4.16. The minimum atomic E-state index is -4.16. The van der Waals surface area contributed by atoms with Crippen LogP contribution in [-0.4, -0.2) is 12.8 Å². The van der Waals surface area contributed by atoms with Crippen LogP contribution in [0.2, 0.25) is 0 Å². The van der Waals surface area contributed by atoms with E-state index in [0.717, 1.165) is 0 Å². The summed E-state index contributed by atoms with van der Waals surface area (Å²) < 4.78 is 11.8. The molecule has 2 atom stereocenters. The summed E-state index contributed by atoms with van der Waals surface area (Å²) in [5.41, 5.74) is 2.57. The monoisotopic (exact) mass is 502 g/mol. The molecule has 5 aromatic rings. The Morgan fingerprint density at radius 1 is 0.382 bits per heavy atom. The summed E-state index contributed by atoms with van der Waals surface area (Å²) in [5, 5.41) is 0. The van der Waals surface area contributed by atoms with Crippen LogP contribution in [0.5, 0.6) is 0 Å². The standard InChI is InChI=1S/C32H27AsO/c1-6-16-26(17-7-1)31-32(27-18-8-2-9-19-27)34-33(31,28-20-10-3-11-21-28,29-22-12-4-13-23-29)30-24-14-5-15-25-30/h1-25,31-32H. The Balaban J connectivity index is 1.76. The molecular formula is C32H27AsO. The fraction of sp³-hybridized carbons (Fsp3) is 0.0625. The van der Waals surface area contributed by atoms with E-state index in [2.05, 4.69) is 152 Å². The Kier molecular flexibility index (Phi) is 5.25. The summed E-state index contributed by atoms with van der Waals surface area (Å²) in [6, 6.07) is 54.8. The average molecular weight is 502 g/mol. The average Bonchev–Trinajstić information content (AvgIpc) is 2.92. The van der Waals surface area contributed by atoms with Crippen molar-refractivity contribution in [2.45, 2.75) is 10.8 Å². The molecule has 0 radical (unpaired) electrons. The second kappa shape index (κ2) is 8.44. The summed E-state index contributed by atoms with van der Waals surface area (Å²) in [6.07, 6.45) is -0.0183. The molecule has 1 fully saturated rings. The summed E-state index contributed by atoms with van der Waals surface area (Å²) in [4.78, 5) is 0. The van der Waals surface area contributed by atoms with Gasteiger partial charge in [0, 0.05) is 0 Å². The van der Waals surface area contributed by atoms with Gasteiger partial charge in [0.05, 0.1) is 0 Å². The molecule has 0 aliphatic carbocycles. The van der Waals surface area contributed by atoms with Crippen molar-refractivity contribution in [1.29, 1.82) is 0 Å². The van der Waals surface area contributed by atoms with E-state index < -0.39 is 12.8 Å². The molecule has 34 heavy (non-hydrogen) atoms. The zero-order chi connectivity index (χ0) is 22.9. The molecule has 0 spiro atoms. The van der Waals surface area contributed by atoms with Gasteiger partial charge in [-0.05, 0) is 0 Å². The first kappa shape index (κ1) is 21.2. The SMILES string of the molecule is c1ccc(C2O[As](c3ccccc3)(c3ccccc3)(c3ccccc3)C2c2ccccc2)cc1. The van der Waals surface area contributed by atoms with Crippen molar-refractivity contribution in [3.05, 3.63) is 163 Å². The van der Waals surface area contributed by atoms with E-state index in [4.69, 9.17) is 3.73 Å². The third-order valence-corrected chi connectivity index (χ3v) is 20.4. The van der Waals surface area contributed by atoms with Gasteiger partial charge in [-0.3, -0.25) is 0 Å². The predicted octanol–water partition coefficient (Wildman–Crippen LogP) is 5.70. The molecule has 0 bridgehead atoms. The first-order valence-electron chi connectivity index (χ1n) is 11.8. The van der Waals surface area contributed by atoms with Crippen LogP contribution < -0.4 is 13.1 Å². The maximum absolute atomic E-state index is 7.60. The molecule has 6 rings (SSSR count). The van der Waals surface area contributed by atoms with Gasteiger partial charge in [0.2, 0.25) is 0 Å². The predicted molar refractivity (Wildman–Crippen MR) is 143 cm³/mol. The Labute approximate surface area is 202 Å². The van der Waals surface area contributed by atoms with E-state index in [1.165, 1.54) is 24.2 Å². The van der Waals surface area contributed by atoms with Crippen molar-refractivity contribution in [3.8, 4) is 0 Å². The van der Waals surface area contributed by atoms with Gasteiger partial charge in [0.25, 0.3) is 0 Å². The van der Waals surface area contributed by atoms with Crippen molar-refractivity contribution < 1.29 is 3.73 Å². The Morgan fingerprint density at radius 2 is 0.706 bits per heavy atom. The van der Waals surface area contributed by atoms with E-state index >= 15 is 0 Å². The molecule has 1 saturated heterocycles. The summed E-state index contributed by atoms with van der Waals surface area (Å²) in [5.74, 6) is 0. The Hall–Kier alpha value is -3.38. The molecule has 0 amide bonds. The van der Waals surface area contributed by atoms with Gasteiger partial charge in [-0.25, -0.2) is 0 Å².